The largest absolute Gasteiger partial charge is 0.376 e. The molecule has 1 aliphatic rings. The Labute approximate surface area is 149 Å². The van der Waals surface area contributed by atoms with Gasteiger partial charge in [0.1, 0.15) is 10.8 Å². The Morgan fingerprint density at radius 3 is 2.68 bits per heavy atom. The highest BCUT2D eigenvalue weighted by Crippen LogP contribution is 2.43. The van der Waals surface area contributed by atoms with Crippen molar-refractivity contribution in [2.75, 3.05) is 5.32 Å². The van der Waals surface area contributed by atoms with Crippen LogP contribution >= 0.6 is 11.3 Å². The summed E-state index contributed by atoms with van der Waals surface area (Å²) in [7, 11) is 0. The van der Waals surface area contributed by atoms with Gasteiger partial charge in [0.05, 0.1) is 12.0 Å². The number of fused-ring (bicyclic) bond motifs is 1. The molecule has 0 saturated heterocycles. The maximum atomic E-state index is 13.4. The summed E-state index contributed by atoms with van der Waals surface area (Å²) >= 11 is 1.48. The smallest absolute Gasteiger partial charge is 0.177 e. The van der Waals surface area contributed by atoms with Crippen LogP contribution in [0, 0.1) is 5.82 Å². The molecule has 3 nitrogen and oxygen atoms in total. The summed E-state index contributed by atoms with van der Waals surface area (Å²) in [5, 5.41) is 6.16. The van der Waals surface area contributed by atoms with Crippen molar-refractivity contribution in [3.05, 3.63) is 81.6 Å². The average Bonchev–Trinajstić information content (AvgIpc) is 3.15. The standard InChI is InChI=1S/C20H17FN2OS/c1-2-12-4-3-5-15-16(12)19(24)17(20-22-10-11-25-20)18(23-15)13-6-8-14(21)9-7-13/h3-11,17-18,23H,2H2,1H3. The number of hydrogen-bond donors (Lipinski definition) is 1. The van der Waals surface area contributed by atoms with Crippen LogP contribution in [0.4, 0.5) is 10.1 Å². The Balaban J connectivity index is 1.87. The van der Waals surface area contributed by atoms with Crippen molar-refractivity contribution < 1.29 is 9.18 Å². The number of halogens is 1. The first-order valence-electron chi connectivity index (χ1n) is 8.26. The molecule has 0 saturated carbocycles. The number of Topliss-reactive ketones (excluding diaryl/α,β-unsaturated/α-hetero) is 1. The van der Waals surface area contributed by atoms with Crippen molar-refractivity contribution in [1.29, 1.82) is 0 Å². The van der Waals surface area contributed by atoms with Gasteiger partial charge in [-0.05, 0) is 35.7 Å². The Kier molecular flexibility index (Phi) is 4.09. The third kappa shape index (κ3) is 2.74. The number of nitrogens with zero attached hydrogens (tertiary/aromatic N) is 1. The van der Waals surface area contributed by atoms with E-state index < -0.39 is 5.92 Å². The van der Waals surface area contributed by atoms with Gasteiger partial charge in [-0.15, -0.1) is 11.3 Å². The van der Waals surface area contributed by atoms with Gasteiger partial charge < -0.3 is 5.32 Å². The molecule has 1 aliphatic heterocycles. The predicted molar refractivity (Wildman–Crippen MR) is 97.8 cm³/mol. The molecule has 3 aromatic rings. The predicted octanol–water partition coefficient (Wildman–Crippen LogP) is 4.98. The minimum Gasteiger partial charge on any atom is -0.376 e. The number of nitrogens with one attached hydrogen (secondary N) is 1. The molecule has 2 aromatic carbocycles. The first kappa shape index (κ1) is 16.0. The van der Waals surface area contributed by atoms with E-state index in [0.717, 1.165) is 33.8 Å². The topological polar surface area (TPSA) is 42.0 Å². The van der Waals surface area contributed by atoms with E-state index >= 15 is 0 Å². The lowest BCUT2D eigenvalue weighted by Crippen LogP contribution is -2.32. The molecule has 2 heterocycles. The van der Waals surface area contributed by atoms with Crippen LogP contribution in [0.1, 0.15) is 45.4 Å². The zero-order chi connectivity index (χ0) is 17.4. The van der Waals surface area contributed by atoms with Gasteiger partial charge in [-0.2, -0.15) is 0 Å². The Hall–Kier alpha value is -2.53. The van der Waals surface area contributed by atoms with Crippen LogP contribution in [-0.4, -0.2) is 10.8 Å². The zero-order valence-electron chi connectivity index (χ0n) is 13.7. The summed E-state index contributed by atoms with van der Waals surface area (Å²) in [6, 6.07) is 11.9. The lowest BCUT2D eigenvalue weighted by Gasteiger charge is -2.34. The van der Waals surface area contributed by atoms with E-state index in [9.17, 15) is 9.18 Å². The molecule has 126 valence electrons. The summed E-state index contributed by atoms with van der Waals surface area (Å²) in [5.41, 5.74) is 3.51. The lowest BCUT2D eigenvalue weighted by atomic mass is 9.81. The van der Waals surface area contributed by atoms with Crippen molar-refractivity contribution in [2.45, 2.75) is 25.3 Å². The van der Waals surface area contributed by atoms with E-state index in [1.54, 1.807) is 18.3 Å². The molecule has 0 fully saturated rings. The van der Waals surface area contributed by atoms with Gasteiger partial charge in [0.2, 0.25) is 0 Å². The summed E-state index contributed by atoms with van der Waals surface area (Å²) in [5.74, 6) is -0.619. The molecule has 0 amide bonds. The van der Waals surface area contributed by atoms with Gasteiger partial charge in [0, 0.05) is 22.8 Å². The van der Waals surface area contributed by atoms with Gasteiger partial charge in [0.25, 0.3) is 0 Å². The van der Waals surface area contributed by atoms with Gasteiger partial charge in [-0.3, -0.25) is 4.79 Å². The van der Waals surface area contributed by atoms with E-state index in [-0.39, 0.29) is 17.6 Å². The van der Waals surface area contributed by atoms with Gasteiger partial charge >= 0.3 is 0 Å². The fourth-order valence-electron chi connectivity index (χ4n) is 3.45. The second kappa shape index (κ2) is 6.41. The summed E-state index contributed by atoms with van der Waals surface area (Å²) in [6.45, 7) is 2.05. The molecule has 25 heavy (non-hydrogen) atoms. The summed E-state index contributed by atoms with van der Waals surface area (Å²) in [6.07, 6.45) is 2.51. The van der Waals surface area contributed by atoms with E-state index in [0.29, 0.717) is 0 Å². The van der Waals surface area contributed by atoms with Gasteiger partial charge in [-0.25, -0.2) is 9.37 Å². The number of rotatable bonds is 3. The van der Waals surface area contributed by atoms with Crippen LogP contribution in [0.3, 0.4) is 0 Å². The molecule has 2 unspecified atom stereocenters. The lowest BCUT2D eigenvalue weighted by molar-refractivity contribution is 0.0944. The van der Waals surface area contributed by atoms with Crippen molar-refractivity contribution >= 4 is 22.8 Å². The van der Waals surface area contributed by atoms with E-state index in [4.69, 9.17) is 0 Å². The van der Waals surface area contributed by atoms with Crippen LogP contribution in [0.5, 0.6) is 0 Å². The fraction of sp³-hybridized carbons (Fsp3) is 0.200. The first-order valence-corrected chi connectivity index (χ1v) is 9.14. The number of aromatic nitrogens is 1. The van der Waals surface area contributed by atoms with Crippen LogP contribution in [0.25, 0.3) is 0 Å². The minimum absolute atomic E-state index is 0.0791. The Bertz CT molecular complexity index is 906. The number of carbonyl (C=O) groups is 1. The summed E-state index contributed by atoms with van der Waals surface area (Å²) < 4.78 is 13.3. The first-order chi connectivity index (χ1) is 12.2. The highest BCUT2D eigenvalue weighted by Gasteiger charge is 2.39. The monoisotopic (exact) mass is 352 g/mol. The molecular formula is C20H17FN2OS. The van der Waals surface area contributed by atoms with Crippen LogP contribution in [-0.2, 0) is 6.42 Å². The Morgan fingerprint density at radius 2 is 2.00 bits per heavy atom. The van der Waals surface area contributed by atoms with E-state index in [1.807, 2.05) is 30.5 Å². The third-order valence-electron chi connectivity index (χ3n) is 4.65. The SMILES string of the molecule is CCc1cccc2c1C(=O)C(c1nccs1)C(c1ccc(F)cc1)N2. The quantitative estimate of drug-likeness (QED) is 0.723. The molecule has 0 bridgehead atoms. The molecule has 0 aliphatic carbocycles. The maximum Gasteiger partial charge on any atom is 0.177 e. The van der Waals surface area contributed by atoms with E-state index in [2.05, 4.69) is 10.3 Å². The molecule has 0 radical (unpaired) electrons. The minimum atomic E-state index is -0.411. The number of aryl methyl sites for hydroxylation is 1. The molecule has 0 spiro atoms. The normalized spacial score (nSPS) is 19.4. The number of anilines is 1. The molecule has 2 atom stereocenters. The third-order valence-corrected chi connectivity index (χ3v) is 5.51. The molecule has 5 heteroatoms. The van der Waals surface area contributed by atoms with E-state index in [1.165, 1.54) is 23.5 Å². The molecule has 1 aromatic heterocycles. The van der Waals surface area contributed by atoms with Crippen molar-refractivity contribution in [3.8, 4) is 0 Å². The van der Waals surface area contributed by atoms with Crippen LogP contribution in [0.2, 0.25) is 0 Å². The number of benzene rings is 2. The second-order valence-corrected chi connectivity index (χ2v) is 7.01. The van der Waals surface area contributed by atoms with Crippen molar-refractivity contribution in [3.63, 3.8) is 0 Å². The average molecular weight is 352 g/mol. The maximum absolute atomic E-state index is 13.4. The fourth-order valence-corrected chi connectivity index (χ4v) is 4.23. The van der Waals surface area contributed by atoms with Crippen molar-refractivity contribution in [1.82, 2.24) is 4.98 Å². The summed E-state index contributed by atoms with van der Waals surface area (Å²) in [4.78, 5) is 17.8. The number of hydrogen-bond acceptors (Lipinski definition) is 4. The Morgan fingerprint density at radius 1 is 1.20 bits per heavy atom. The molecule has 4 rings (SSSR count). The highest BCUT2D eigenvalue weighted by atomic mass is 32.1. The zero-order valence-corrected chi connectivity index (χ0v) is 14.5. The van der Waals surface area contributed by atoms with Gasteiger partial charge in [-0.1, -0.05) is 31.2 Å². The molecule has 1 N–H and O–H groups in total. The number of ketones is 1. The molecular weight excluding hydrogens is 335 g/mol. The van der Waals surface area contributed by atoms with Crippen molar-refractivity contribution in [2.24, 2.45) is 0 Å². The number of thiazole rings is 1. The van der Waals surface area contributed by atoms with Gasteiger partial charge in [0.15, 0.2) is 5.78 Å². The highest BCUT2D eigenvalue weighted by molar-refractivity contribution is 7.09. The van der Waals surface area contributed by atoms with Crippen LogP contribution in [0.15, 0.2) is 54.0 Å². The number of carbonyl (C=O) groups excluding carboxylic acids is 1. The second-order valence-electron chi connectivity index (χ2n) is 6.08. The van der Waals surface area contributed by atoms with Crippen LogP contribution < -0.4 is 5.32 Å².